The van der Waals surface area contributed by atoms with E-state index in [-0.39, 0.29) is 22.5 Å². The third-order valence-corrected chi connectivity index (χ3v) is 1.87. The lowest BCUT2D eigenvalue weighted by molar-refractivity contribution is 0.0523. The molecule has 0 aliphatic carbocycles. The van der Waals surface area contributed by atoms with Gasteiger partial charge in [0.2, 0.25) is 0 Å². The zero-order valence-corrected chi connectivity index (χ0v) is 8.76. The number of ether oxygens (including phenoxy) is 1. The van der Waals surface area contributed by atoms with Gasteiger partial charge >= 0.3 is 5.97 Å². The molecule has 0 spiro atoms. The second-order valence-electron chi connectivity index (χ2n) is 2.35. The molecule has 0 saturated heterocycles. The van der Waals surface area contributed by atoms with Gasteiger partial charge in [-0.2, -0.15) is 0 Å². The standard InChI is InChI=1S/C8H7Cl2NO3/c1-2-14-8(13)4-3-5(9)11-7(10)6(4)12/h3,12H,2H2,1H3. The van der Waals surface area contributed by atoms with Crippen molar-refractivity contribution < 1.29 is 14.6 Å². The van der Waals surface area contributed by atoms with Crippen molar-refractivity contribution in [2.24, 2.45) is 0 Å². The van der Waals surface area contributed by atoms with Crippen molar-refractivity contribution in [2.75, 3.05) is 6.61 Å². The topological polar surface area (TPSA) is 59.4 Å². The highest BCUT2D eigenvalue weighted by Crippen LogP contribution is 2.28. The van der Waals surface area contributed by atoms with Crippen LogP contribution in [0, 0.1) is 0 Å². The Labute approximate surface area is 90.4 Å². The Kier molecular flexibility index (Phi) is 3.55. The fraction of sp³-hybridized carbons (Fsp3) is 0.250. The maximum Gasteiger partial charge on any atom is 0.342 e. The monoisotopic (exact) mass is 235 g/mol. The highest BCUT2D eigenvalue weighted by molar-refractivity contribution is 6.34. The predicted octanol–water partition coefficient (Wildman–Crippen LogP) is 2.27. The Morgan fingerprint density at radius 2 is 2.29 bits per heavy atom. The molecule has 4 nitrogen and oxygen atoms in total. The van der Waals surface area contributed by atoms with E-state index in [0.717, 1.165) is 0 Å². The van der Waals surface area contributed by atoms with Crippen molar-refractivity contribution in [1.29, 1.82) is 0 Å². The van der Waals surface area contributed by atoms with E-state index >= 15 is 0 Å². The van der Waals surface area contributed by atoms with E-state index < -0.39 is 11.7 Å². The van der Waals surface area contributed by atoms with Gasteiger partial charge in [0, 0.05) is 0 Å². The summed E-state index contributed by atoms with van der Waals surface area (Å²) < 4.78 is 4.67. The van der Waals surface area contributed by atoms with Crippen LogP contribution in [-0.4, -0.2) is 22.7 Å². The lowest BCUT2D eigenvalue weighted by atomic mass is 10.2. The zero-order chi connectivity index (χ0) is 10.7. The van der Waals surface area contributed by atoms with Crippen LogP contribution in [0.25, 0.3) is 0 Å². The molecule has 6 heteroatoms. The van der Waals surface area contributed by atoms with E-state index in [9.17, 15) is 9.90 Å². The normalized spacial score (nSPS) is 9.93. The fourth-order valence-corrected chi connectivity index (χ4v) is 1.27. The summed E-state index contributed by atoms with van der Waals surface area (Å²) in [6.07, 6.45) is 0. The molecule has 76 valence electrons. The van der Waals surface area contributed by atoms with Crippen molar-refractivity contribution in [2.45, 2.75) is 6.92 Å². The van der Waals surface area contributed by atoms with Crippen LogP contribution in [0.4, 0.5) is 0 Å². The average Bonchev–Trinajstić information content (AvgIpc) is 2.11. The van der Waals surface area contributed by atoms with E-state index in [1.807, 2.05) is 0 Å². The number of rotatable bonds is 2. The number of pyridine rings is 1. The number of nitrogens with zero attached hydrogens (tertiary/aromatic N) is 1. The van der Waals surface area contributed by atoms with Gasteiger partial charge in [0.25, 0.3) is 0 Å². The van der Waals surface area contributed by atoms with Crippen molar-refractivity contribution in [3.05, 3.63) is 21.9 Å². The molecule has 0 atom stereocenters. The summed E-state index contributed by atoms with van der Waals surface area (Å²) in [7, 11) is 0. The van der Waals surface area contributed by atoms with E-state index in [4.69, 9.17) is 23.2 Å². The average molecular weight is 236 g/mol. The minimum Gasteiger partial charge on any atom is -0.504 e. The molecule has 1 heterocycles. The summed E-state index contributed by atoms with van der Waals surface area (Å²) in [5.41, 5.74) is -0.0862. The number of hydrogen-bond donors (Lipinski definition) is 1. The largest absolute Gasteiger partial charge is 0.504 e. The first-order chi connectivity index (χ1) is 6.56. The first-order valence-electron chi connectivity index (χ1n) is 3.78. The Hall–Kier alpha value is -1.00. The highest BCUT2D eigenvalue weighted by atomic mass is 35.5. The molecule has 0 bridgehead atoms. The van der Waals surface area contributed by atoms with Crippen LogP contribution in [0.15, 0.2) is 6.07 Å². The molecule has 14 heavy (non-hydrogen) atoms. The van der Waals surface area contributed by atoms with Crippen LogP contribution in [0.2, 0.25) is 10.3 Å². The van der Waals surface area contributed by atoms with Gasteiger partial charge in [-0.15, -0.1) is 0 Å². The number of carbonyl (C=O) groups is 1. The molecule has 1 N–H and O–H groups in total. The van der Waals surface area contributed by atoms with Crippen molar-refractivity contribution in [3.8, 4) is 5.75 Å². The highest BCUT2D eigenvalue weighted by Gasteiger charge is 2.16. The van der Waals surface area contributed by atoms with E-state index in [1.165, 1.54) is 6.07 Å². The Bertz CT molecular complexity index is 368. The summed E-state index contributed by atoms with van der Waals surface area (Å²) in [5, 5.41) is 9.17. The minimum atomic E-state index is -0.684. The second-order valence-corrected chi connectivity index (χ2v) is 3.10. The van der Waals surface area contributed by atoms with E-state index in [2.05, 4.69) is 9.72 Å². The van der Waals surface area contributed by atoms with Gasteiger partial charge in [0.1, 0.15) is 10.7 Å². The molecule has 0 amide bonds. The SMILES string of the molecule is CCOC(=O)c1cc(Cl)nc(Cl)c1O. The Morgan fingerprint density at radius 1 is 1.64 bits per heavy atom. The first kappa shape index (κ1) is 11.1. The van der Waals surface area contributed by atoms with Gasteiger partial charge in [-0.25, -0.2) is 9.78 Å². The Balaban J connectivity index is 3.13. The molecule has 0 aliphatic rings. The molecule has 1 aromatic heterocycles. The van der Waals surface area contributed by atoms with Crippen LogP contribution in [-0.2, 0) is 4.74 Å². The number of aromatic hydroxyl groups is 1. The van der Waals surface area contributed by atoms with Gasteiger partial charge in [-0.3, -0.25) is 0 Å². The summed E-state index contributed by atoms with van der Waals surface area (Å²) >= 11 is 11.1. The van der Waals surface area contributed by atoms with Crippen LogP contribution in [0.3, 0.4) is 0 Å². The van der Waals surface area contributed by atoms with Crippen molar-refractivity contribution >= 4 is 29.2 Å². The molecule has 0 radical (unpaired) electrons. The first-order valence-corrected chi connectivity index (χ1v) is 4.54. The number of halogens is 2. The molecule has 0 unspecified atom stereocenters. The molecular formula is C8H7Cl2NO3. The molecule has 0 saturated carbocycles. The number of aromatic nitrogens is 1. The molecule has 1 aromatic rings. The van der Waals surface area contributed by atoms with Crippen LogP contribution < -0.4 is 0 Å². The summed E-state index contributed by atoms with van der Waals surface area (Å²) in [6, 6.07) is 1.20. The van der Waals surface area contributed by atoms with Crippen LogP contribution in [0.1, 0.15) is 17.3 Å². The summed E-state index contributed by atoms with van der Waals surface area (Å²) in [4.78, 5) is 14.8. The van der Waals surface area contributed by atoms with Crippen LogP contribution >= 0.6 is 23.2 Å². The lowest BCUT2D eigenvalue weighted by Gasteiger charge is -2.05. The number of hydrogen-bond acceptors (Lipinski definition) is 4. The molecule has 1 rings (SSSR count). The van der Waals surface area contributed by atoms with Gasteiger partial charge in [-0.1, -0.05) is 23.2 Å². The second kappa shape index (κ2) is 4.48. The molecular weight excluding hydrogens is 229 g/mol. The fourth-order valence-electron chi connectivity index (χ4n) is 0.842. The number of esters is 1. The molecule has 0 aliphatic heterocycles. The molecule has 0 aromatic carbocycles. The van der Waals surface area contributed by atoms with Crippen molar-refractivity contribution in [1.82, 2.24) is 4.98 Å². The number of carbonyl (C=O) groups excluding carboxylic acids is 1. The third kappa shape index (κ3) is 2.27. The van der Waals surface area contributed by atoms with Gasteiger partial charge in [0.15, 0.2) is 10.9 Å². The van der Waals surface area contributed by atoms with Crippen molar-refractivity contribution in [3.63, 3.8) is 0 Å². The predicted molar refractivity (Wildman–Crippen MR) is 51.9 cm³/mol. The van der Waals surface area contributed by atoms with Gasteiger partial charge < -0.3 is 9.84 Å². The van der Waals surface area contributed by atoms with E-state index in [0.29, 0.717) is 0 Å². The van der Waals surface area contributed by atoms with Gasteiger partial charge in [0.05, 0.1) is 6.61 Å². The minimum absolute atomic E-state index is 0.0239. The van der Waals surface area contributed by atoms with E-state index in [1.54, 1.807) is 6.92 Å². The lowest BCUT2D eigenvalue weighted by Crippen LogP contribution is -2.05. The molecule has 0 fully saturated rings. The summed E-state index contributed by atoms with van der Waals surface area (Å²) in [5.74, 6) is -1.11. The zero-order valence-electron chi connectivity index (χ0n) is 7.25. The maximum atomic E-state index is 11.2. The van der Waals surface area contributed by atoms with Gasteiger partial charge in [-0.05, 0) is 13.0 Å². The third-order valence-electron chi connectivity index (χ3n) is 1.41. The quantitative estimate of drug-likeness (QED) is 0.632. The smallest absolute Gasteiger partial charge is 0.342 e. The maximum absolute atomic E-state index is 11.2. The Morgan fingerprint density at radius 3 is 2.86 bits per heavy atom. The summed E-state index contributed by atoms with van der Waals surface area (Å²) in [6.45, 7) is 1.86. The van der Waals surface area contributed by atoms with Crippen LogP contribution in [0.5, 0.6) is 5.75 Å².